The molecule has 1 heterocycles. The average molecular weight is 349 g/mol. The molecule has 0 amide bonds. The lowest BCUT2D eigenvalue weighted by molar-refractivity contribution is -0.138. The van der Waals surface area contributed by atoms with E-state index in [1.807, 2.05) is 18.2 Å². The molecule has 7 heteroatoms. The number of hydrogen-bond acceptors (Lipinski definition) is 7. The summed E-state index contributed by atoms with van der Waals surface area (Å²) in [6, 6.07) is 13.8. The van der Waals surface area contributed by atoms with E-state index in [-0.39, 0.29) is 17.9 Å². The summed E-state index contributed by atoms with van der Waals surface area (Å²) in [4.78, 5) is 15.9. The summed E-state index contributed by atoms with van der Waals surface area (Å²) in [5.74, 6) is -0.463. The minimum atomic E-state index is -0.713. The van der Waals surface area contributed by atoms with Crippen LogP contribution in [0, 0.1) is 11.3 Å². The third-order valence-corrected chi connectivity index (χ3v) is 3.52. The highest BCUT2D eigenvalue weighted by Crippen LogP contribution is 2.33. The molecule has 0 bridgehead atoms. The van der Waals surface area contributed by atoms with E-state index in [4.69, 9.17) is 14.4 Å². The third-order valence-electron chi connectivity index (χ3n) is 3.52. The molecule has 0 aliphatic heterocycles. The highest BCUT2D eigenvalue weighted by molar-refractivity contribution is 5.93. The highest BCUT2D eigenvalue weighted by Gasteiger charge is 2.13. The molecule has 0 atom stereocenters. The quantitative estimate of drug-likeness (QED) is 0.412. The molecule has 7 nitrogen and oxygen atoms in total. The summed E-state index contributed by atoms with van der Waals surface area (Å²) >= 11 is 0. The number of para-hydroxylation sites is 2. The second-order valence-electron chi connectivity index (χ2n) is 5.25. The van der Waals surface area contributed by atoms with Gasteiger partial charge in [0.15, 0.2) is 11.2 Å². The van der Waals surface area contributed by atoms with Crippen molar-refractivity contribution < 1.29 is 19.1 Å². The van der Waals surface area contributed by atoms with Crippen LogP contribution in [0.25, 0.3) is 22.6 Å². The summed E-state index contributed by atoms with van der Waals surface area (Å²) in [5, 5.41) is 22.0. The monoisotopic (exact) mass is 349 g/mol. The van der Waals surface area contributed by atoms with Gasteiger partial charge in [0.1, 0.15) is 17.3 Å². The van der Waals surface area contributed by atoms with Crippen LogP contribution >= 0.6 is 0 Å². The first-order valence-electron chi connectivity index (χ1n) is 7.85. The Balaban J connectivity index is 1.83. The Morgan fingerprint density at radius 1 is 1.38 bits per heavy atom. The molecule has 3 rings (SSSR count). The maximum Gasteiger partial charge on any atom is 0.350 e. The molecule has 0 fully saturated rings. The number of nitrogens with one attached hydrogen (secondary N) is 1. The number of phenolic OH excluding ortho intramolecular Hbond substituents is 1. The average Bonchev–Trinajstić information content (AvgIpc) is 3.06. The van der Waals surface area contributed by atoms with Crippen LogP contribution in [0.15, 0.2) is 58.7 Å². The number of fused-ring (bicyclic) bond motifs is 1. The van der Waals surface area contributed by atoms with Gasteiger partial charge < -0.3 is 19.6 Å². The molecule has 3 aromatic rings. The largest absolute Gasteiger partial charge is 0.507 e. The van der Waals surface area contributed by atoms with E-state index in [1.54, 1.807) is 31.2 Å². The molecule has 0 saturated heterocycles. The Kier molecular flexibility index (Phi) is 4.85. The first-order valence-corrected chi connectivity index (χ1v) is 7.85. The number of phenols is 1. The lowest BCUT2D eigenvalue weighted by Gasteiger charge is -2.05. The molecule has 0 aliphatic rings. The SMILES string of the molecule is CCOC(=O)/C(C#N)=C/Nc1ccc(-c2nc3ccccc3o2)c(O)c1. The molecule has 1 aromatic heterocycles. The Hall–Kier alpha value is -3.79. The number of esters is 1. The van der Waals surface area contributed by atoms with Crippen molar-refractivity contribution in [1.82, 2.24) is 4.98 Å². The zero-order valence-corrected chi connectivity index (χ0v) is 13.9. The molecule has 2 N–H and O–H groups in total. The Bertz CT molecular complexity index is 998. The molecule has 2 aromatic carbocycles. The lowest BCUT2D eigenvalue weighted by atomic mass is 10.2. The summed E-state index contributed by atoms with van der Waals surface area (Å²) < 4.78 is 10.4. The fourth-order valence-electron chi connectivity index (χ4n) is 2.29. The molecular formula is C19H15N3O4. The van der Waals surface area contributed by atoms with Crippen molar-refractivity contribution in [1.29, 1.82) is 5.26 Å². The van der Waals surface area contributed by atoms with Crippen molar-refractivity contribution in [3.8, 4) is 23.3 Å². The van der Waals surface area contributed by atoms with Crippen LogP contribution in [0.3, 0.4) is 0 Å². The van der Waals surface area contributed by atoms with E-state index in [2.05, 4.69) is 10.3 Å². The number of hydrogen-bond donors (Lipinski definition) is 2. The van der Waals surface area contributed by atoms with Crippen LogP contribution in [0.5, 0.6) is 5.75 Å². The highest BCUT2D eigenvalue weighted by atomic mass is 16.5. The zero-order chi connectivity index (χ0) is 18.5. The molecule has 0 saturated carbocycles. The Morgan fingerprint density at radius 3 is 2.88 bits per heavy atom. The number of nitrogens with zero attached hydrogens (tertiary/aromatic N) is 2. The van der Waals surface area contributed by atoms with Gasteiger partial charge in [0, 0.05) is 18.0 Å². The number of carbonyl (C=O) groups is 1. The van der Waals surface area contributed by atoms with E-state index in [9.17, 15) is 9.90 Å². The number of aromatic nitrogens is 1. The first-order chi connectivity index (χ1) is 12.6. The van der Waals surface area contributed by atoms with Crippen LogP contribution < -0.4 is 5.32 Å². The number of oxazole rings is 1. The lowest BCUT2D eigenvalue weighted by Crippen LogP contribution is -2.07. The van der Waals surface area contributed by atoms with Gasteiger partial charge in [-0.15, -0.1) is 0 Å². The molecule has 0 aliphatic carbocycles. The van der Waals surface area contributed by atoms with E-state index >= 15 is 0 Å². The third kappa shape index (κ3) is 3.49. The maximum absolute atomic E-state index is 11.6. The van der Waals surface area contributed by atoms with Gasteiger partial charge in [-0.2, -0.15) is 5.26 Å². The number of nitriles is 1. The Labute approximate surface area is 149 Å². The number of ether oxygens (including phenoxy) is 1. The zero-order valence-electron chi connectivity index (χ0n) is 13.9. The smallest absolute Gasteiger partial charge is 0.350 e. The van der Waals surface area contributed by atoms with Gasteiger partial charge in [-0.05, 0) is 31.2 Å². The first kappa shape index (κ1) is 17.0. The summed E-state index contributed by atoms with van der Waals surface area (Å²) in [5.41, 5.74) is 2.07. The van der Waals surface area contributed by atoms with E-state index in [0.29, 0.717) is 28.2 Å². The van der Waals surface area contributed by atoms with Gasteiger partial charge in [-0.25, -0.2) is 9.78 Å². The molecular weight excluding hydrogens is 334 g/mol. The van der Waals surface area contributed by atoms with Crippen molar-refractivity contribution in [2.24, 2.45) is 0 Å². The van der Waals surface area contributed by atoms with Gasteiger partial charge in [0.25, 0.3) is 0 Å². The normalized spacial score (nSPS) is 11.2. The second kappa shape index (κ2) is 7.40. The van der Waals surface area contributed by atoms with Crippen LogP contribution in [0.1, 0.15) is 6.92 Å². The minimum absolute atomic E-state index is 0.0513. The number of anilines is 1. The van der Waals surface area contributed by atoms with Gasteiger partial charge >= 0.3 is 5.97 Å². The van der Waals surface area contributed by atoms with Gasteiger partial charge in [-0.1, -0.05) is 12.1 Å². The fraction of sp³-hybridized carbons (Fsp3) is 0.105. The van der Waals surface area contributed by atoms with Crippen molar-refractivity contribution in [2.75, 3.05) is 11.9 Å². The van der Waals surface area contributed by atoms with Crippen LogP contribution in [0.2, 0.25) is 0 Å². The topological polar surface area (TPSA) is 108 Å². The van der Waals surface area contributed by atoms with Gasteiger partial charge in [0.05, 0.1) is 12.2 Å². The van der Waals surface area contributed by atoms with Crippen LogP contribution in [-0.4, -0.2) is 22.7 Å². The summed E-state index contributed by atoms with van der Waals surface area (Å²) in [6.07, 6.45) is 1.23. The predicted octanol–water partition coefficient (Wildman–Crippen LogP) is 3.58. The summed E-state index contributed by atoms with van der Waals surface area (Å²) in [7, 11) is 0. The fourth-order valence-corrected chi connectivity index (χ4v) is 2.29. The van der Waals surface area contributed by atoms with Gasteiger partial charge in [0.2, 0.25) is 5.89 Å². The van der Waals surface area contributed by atoms with Crippen LogP contribution in [0.4, 0.5) is 5.69 Å². The number of aromatic hydroxyl groups is 1. The Morgan fingerprint density at radius 2 is 2.19 bits per heavy atom. The van der Waals surface area contributed by atoms with Crippen molar-refractivity contribution in [3.63, 3.8) is 0 Å². The van der Waals surface area contributed by atoms with Crippen LogP contribution in [-0.2, 0) is 9.53 Å². The summed E-state index contributed by atoms with van der Waals surface area (Å²) in [6.45, 7) is 1.83. The van der Waals surface area contributed by atoms with E-state index in [0.717, 1.165) is 0 Å². The molecule has 130 valence electrons. The molecule has 0 unspecified atom stereocenters. The number of benzene rings is 2. The molecule has 26 heavy (non-hydrogen) atoms. The minimum Gasteiger partial charge on any atom is -0.507 e. The van der Waals surface area contributed by atoms with E-state index in [1.165, 1.54) is 12.3 Å². The van der Waals surface area contributed by atoms with E-state index < -0.39 is 5.97 Å². The van der Waals surface area contributed by atoms with Gasteiger partial charge in [-0.3, -0.25) is 0 Å². The number of rotatable bonds is 5. The number of carbonyl (C=O) groups excluding carboxylic acids is 1. The van der Waals surface area contributed by atoms with Crippen molar-refractivity contribution in [2.45, 2.75) is 6.92 Å². The maximum atomic E-state index is 11.6. The predicted molar refractivity (Wildman–Crippen MR) is 95.1 cm³/mol. The molecule has 0 spiro atoms. The van der Waals surface area contributed by atoms with Crippen molar-refractivity contribution >= 4 is 22.8 Å². The second-order valence-corrected chi connectivity index (χ2v) is 5.25. The molecule has 0 radical (unpaired) electrons. The standard InChI is InChI=1S/C19H15N3O4/c1-2-25-19(24)12(10-20)11-21-13-7-8-14(16(23)9-13)18-22-15-5-3-4-6-17(15)26-18/h3-9,11,21,23H,2H2,1H3/b12-11+. The van der Waals surface area contributed by atoms with Crippen molar-refractivity contribution in [3.05, 3.63) is 54.2 Å².